The first-order valence-corrected chi connectivity index (χ1v) is 8.81. The number of sulfone groups is 1. The first-order valence-electron chi connectivity index (χ1n) is 6.99. The smallest absolute Gasteiger partial charge is 0.315 e. The first-order chi connectivity index (χ1) is 9.00. The van der Waals surface area contributed by atoms with Gasteiger partial charge in [-0.05, 0) is 32.4 Å². The molecule has 0 aromatic heterocycles. The lowest BCUT2D eigenvalue weighted by Crippen LogP contribution is -2.47. The monoisotopic (exact) mass is 289 g/mol. The third-order valence-corrected chi connectivity index (χ3v) is 5.74. The molecule has 2 aliphatic rings. The minimum absolute atomic E-state index is 0.0743. The molecule has 2 heterocycles. The summed E-state index contributed by atoms with van der Waals surface area (Å²) in [6.45, 7) is 4.88. The highest BCUT2D eigenvalue weighted by molar-refractivity contribution is 7.91. The van der Waals surface area contributed by atoms with Gasteiger partial charge in [-0.25, -0.2) is 13.2 Å². The number of urea groups is 1. The van der Waals surface area contributed by atoms with Crippen LogP contribution >= 0.6 is 0 Å². The highest BCUT2D eigenvalue weighted by Crippen LogP contribution is 2.15. The standard InChI is InChI=1S/C12H23N3O3S/c1-2-15-6-3-4-11(15)8-13-12(16)14-10-5-7-19(17,18)9-10/h10-11H,2-9H2,1H3,(H2,13,14,16)/t10-,11-/m0/s1. The van der Waals surface area contributed by atoms with Gasteiger partial charge in [-0.2, -0.15) is 0 Å². The van der Waals surface area contributed by atoms with Crippen LogP contribution in [0.25, 0.3) is 0 Å². The Morgan fingerprint density at radius 2 is 2.16 bits per heavy atom. The van der Waals surface area contributed by atoms with E-state index in [1.165, 1.54) is 6.42 Å². The summed E-state index contributed by atoms with van der Waals surface area (Å²) in [5.74, 6) is 0.259. The summed E-state index contributed by atoms with van der Waals surface area (Å²) in [5.41, 5.74) is 0. The number of hydrogen-bond donors (Lipinski definition) is 2. The molecule has 0 unspecified atom stereocenters. The molecule has 19 heavy (non-hydrogen) atoms. The zero-order chi connectivity index (χ0) is 13.9. The van der Waals surface area contributed by atoms with Crippen molar-refractivity contribution in [1.29, 1.82) is 0 Å². The predicted molar refractivity (Wildman–Crippen MR) is 73.9 cm³/mol. The number of likely N-dealkylation sites (tertiary alicyclic amines) is 1. The Labute approximate surface area is 114 Å². The van der Waals surface area contributed by atoms with Crippen molar-refractivity contribution in [2.75, 3.05) is 31.1 Å². The van der Waals surface area contributed by atoms with E-state index in [4.69, 9.17) is 0 Å². The summed E-state index contributed by atoms with van der Waals surface area (Å²) in [6.07, 6.45) is 2.83. The minimum atomic E-state index is -2.94. The van der Waals surface area contributed by atoms with E-state index in [1.54, 1.807) is 0 Å². The molecule has 7 heteroatoms. The Bertz CT molecular complexity index is 424. The third-order valence-electron chi connectivity index (χ3n) is 3.97. The number of carbonyl (C=O) groups is 1. The molecule has 0 aromatic rings. The Kier molecular flexibility index (Phi) is 4.67. The highest BCUT2D eigenvalue weighted by atomic mass is 32.2. The van der Waals surface area contributed by atoms with Gasteiger partial charge in [0.05, 0.1) is 11.5 Å². The average Bonchev–Trinajstić information content (AvgIpc) is 2.92. The number of hydrogen-bond acceptors (Lipinski definition) is 4. The van der Waals surface area contributed by atoms with Crippen LogP contribution in [0.4, 0.5) is 4.79 Å². The van der Waals surface area contributed by atoms with Crippen LogP contribution in [0.1, 0.15) is 26.2 Å². The van der Waals surface area contributed by atoms with E-state index in [9.17, 15) is 13.2 Å². The third kappa shape index (κ3) is 4.07. The number of nitrogens with one attached hydrogen (secondary N) is 2. The van der Waals surface area contributed by atoms with Crippen molar-refractivity contribution < 1.29 is 13.2 Å². The molecule has 0 bridgehead atoms. The van der Waals surface area contributed by atoms with Crippen molar-refractivity contribution in [2.45, 2.75) is 38.3 Å². The van der Waals surface area contributed by atoms with Gasteiger partial charge in [-0.3, -0.25) is 4.90 Å². The topological polar surface area (TPSA) is 78.5 Å². The molecular formula is C12H23N3O3S. The molecule has 2 saturated heterocycles. The van der Waals surface area contributed by atoms with Crippen LogP contribution in [0, 0.1) is 0 Å². The molecule has 2 atom stereocenters. The number of nitrogens with zero attached hydrogens (tertiary/aromatic N) is 1. The quantitative estimate of drug-likeness (QED) is 0.761. The normalized spacial score (nSPS) is 30.4. The Morgan fingerprint density at radius 1 is 1.37 bits per heavy atom. The molecule has 2 aliphatic heterocycles. The molecule has 6 nitrogen and oxygen atoms in total. The van der Waals surface area contributed by atoms with Crippen LogP contribution in [0.15, 0.2) is 0 Å². The summed E-state index contributed by atoms with van der Waals surface area (Å²) in [4.78, 5) is 14.1. The first kappa shape index (κ1) is 14.6. The Hall–Kier alpha value is -0.820. The van der Waals surface area contributed by atoms with Crippen LogP contribution in [-0.4, -0.2) is 62.6 Å². The van der Waals surface area contributed by atoms with E-state index in [1.807, 2.05) is 0 Å². The van der Waals surface area contributed by atoms with Crippen LogP contribution in [0.2, 0.25) is 0 Å². The second-order valence-electron chi connectivity index (χ2n) is 5.38. The van der Waals surface area contributed by atoms with E-state index in [0.29, 0.717) is 19.0 Å². The van der Waals surface area contributed by atoms with Crippen LogP contribution in [0.3, 0.4) is 0 Å². The molecule has 2 N–H and O–H groups in total. The maximum Gasteiger partial charge on any atom is 0.315 e. The van der Waals surface area contributed by atoms with Crippen molar-refractivity contribution in [2.24, 2.45) is 0 Å². The number of rotatable bonds is 4. The molecule has 2 amide bonds. The van der Waals surface area contributed by atoms with Gasteiger partial charge in [0.2, 0.25) is 0 Å². The van der Waals surface area contributed by atoms with Gasteiger partial charge in [0.15, 0.2) is 9.84 Å². The van der Waals surface area contributed by atoms with Gasteiger partial charge in [0.25, 0.3) is 0 Å². The van der Waals surface area contributed by atoms with Crippen molar-refractivity contribution in [3.63, 3.8) is 0 Å². The van der Waals surface area contributed by atoms with E-state index < -0.39 is 9.84 Å². The van der Waals surface area contributed by atoms with E-state index in [0.717, 1.165) is 19.5 Å². The SMILES string of the molecule is CCN1CCC[C@H]1CNC(=O)N[C@H]1CCS(=O)(=O)C1. The molecule has 0 aromatic carbocycles. The zero-order valence-corrected chi connectivity index (χ0v) is 12.2. The fourth-order valence-electron chi connectivity index (χ4n) is 2.90. The predicted octanol–water partition coefficient (Wildman–Crippen LogP) is -0.0430. The van der Waals surface area contributed by atoms with Gasteiger partial charge in [-0.15, -0.1) is 0 Å². The van der Waals surface area contributed by atoms with Gasteiger partial charge >= 0.3 is 6.03 Å². The Balaban J connectivity index is 1.70. The number of amides is 2. The molecule has 0 radical (unpaired) electrons. The summed E-state index contributed by atoms with van der Waals surface area (Å²) in [6, 6.07) is -0.0519. The summed E-state index contributed by atoms with van der Waals surface area (Å²) in [7, 11) is -2.94. The van der Waals surface area contributed by atoms with Gasteiger partial charge in [0.1, 0.15) is 0 Å². The second kappa shape index (κ2) is 6.09. The Morgan fingerprint density at radius 3 is 2.79 bits per heavy atom. The second-order valence-corrected chi connectivity index (χ2v) is 7.61. The van der Waals surface area contributed by atoms with Gasteiger partial charge in [0, 0.05) is 18.6 Å². The van der Waals surface area contributed by atoms with E-state index >= 15 is 0 Å². The fourth-order valence-corrected chi connectivity index (χ4v) is 4.57. The van der Waals surface area contributed by atoms with Crippen LogP contribution in [-0.2, 0) is 9.84 Å². The summed E-state index contributed by atoms with van der Waals surface area (Å²) >= 11 is 0. The lowest BCUT2D eigenvalue weighted by atomic mass is 10.2. The van der Waals surface area contributed by atoms with Crippen LogP contribution < -0.4 is 10.6 Å². The molecule has 2 rings (SSSR count). The summed E-state index contributed by atoms with van der Waals surface area (Å²) < 4.78 is 22.6. The molecule has 110 valence electrons. The van der Waals surface area contributed by atoms with Gasteiger partial charge < -0.3 is 10.6 Å². The average molecular weight is 289 g/mol. The molecule has 0 aliphatic carbocycles. The van der Waals surface area contributed by atoms with Crippen molar-refractivity contribution in [3.05, 3.63) is 0 Å². The van der Waals surface area contributed by atoms with E-state index in [-0.39, 0.29) is 23.6 Å². The maximum absolute atomic E-state index is 11.7. The minimum Gasteiger partial charge on any atom is -0.337 e. The molecule has 2 fully saturated rings. The summed E-state index contributed by atoms with van der Waals surface area (Å²) in [5, 5.41) is 5.60. The highest BCUT2D eigenvalue weighted by Gasteiger charge is 2.29. The maximum atomic E-state index is 11.7. The largest absolute Gasteiger partial charge is 0.337 e. The molecular weight excluding hydrogens is 266 g/mol. The lowest BCUT2D eigenvalue weighted by Gasteiger charge is -2.23. The number of likely N-dealkylation sites (N-methyl/N-ethyl adjacent to an activating group) is 1. The number of carbonyl (C=O) groups excluding carboxylic acids is 1. The fraction of sp³-hybridized carbons (Fsp3) is 0.917. The zero-order valence-electron chi connectivity index (χ0n) is 11.4. The molecule has 0 saturated carbocycles. The van der Waals surface area contributed by atoms with E-state index in [2.05, 4.69) is 22.5 Å². The van der Waals surface area contributed by atoms with Crippen molar-refractivity contribution in [1.82, 2.24) is 15.5 Å². The lowest BCUT2D eigenvalue weighted by molar-refractivity contribution is 0.226. The van der Waals surface area contributed by atoms with Crippen molar-refractivity contribution in [3.8, 4) is 0 Å². The van der Waals surface area contributed by atoms with Crippen molar-refractivity contribution >= 4 is 15.9 Å². The van der Waals surface area contributed by atoms with Gasteiger partial charge in [-0.1, -0.05) is 6.92 Å². The van der Waals surface area contributed by atoms with Crippen LogP contribution in [0.5, 0.6) is 0 Å². The molecule has 0 spiro atoms.